The molecule has 0 unspecified atom stereocenters. The largest absolute Gasteiger partial charge is 0.493 e. The summed E-state index contributed by atoms with van der Waals surface area (Å²) in [4.78, 5) is 21.1. The zero-order valence-electron chi connectivity index (χ0n) is 9.85. The Hall–Kier alpha value is -2.26. The molecule has 0 radical (unpaired) electrons. The second kappa shape index (κ2) is 5.39. The normalized spacial score (nSPS) is 10.4. The smallest absolute Gasteiger partial charge is 0.323 e. The van der Waals surface area contributed by atoms with E-state index in [1.54, 1.807) is 0 Å². The van der Waals surface area contributed by atoms with Crippen molar-refractivity contribution in [1.82, 2.24) is 4.57 Å². The maximum absolute atomic E-state index is 10.7. The van der Waals surface area contributed by atoms with E-state index in [0.29, 0.717) is 10.4 Å². The monoisotopic (exact) mass is 312 g/mol. The molecular weight excluding hydrogens is 304 g/mol. The molecule has 0 bridgehead atoms. The third-order valence-corrected chi connectivity index (χ3v) is 3.99. The number of aromatic nitrogens is 1. The first-order valence-corrected chi connectivity index (χ1v) is 6.52. The van der Waals surface area contributed by atoms with Crippen molar-refractivity contribution in [1.29, 1.82) is 0 Å². The van der Waals surface area contributed by atoms with Crippen molar-refractivity contribution < 1.29 is 19.9 Å². The van der Waals surface area contributed by atoms with Crippen LogP contribution in [-0.2, 0) is 11.3 Å². The minimum Gasteiger partial charge on any atom is -0.493 e. The molecule has 2 rings (SSSR count). The van der Waals surface area contributed by atoms with Crippen molar-refractivity contribution in [2.75, 3.05) is 0 Å². The predicted octanol–water partition coefficient (Wildman–Crippen LogP) is 2.64. The van der Waals surface area contributed by atoms with Crippen LogP contribution in [0.25, 0.3) is 10.4 Å². The SMILES string of the molecule is O=C(O)Cn1c(O)c(-c2ccc([N+](=O)[O-])cc2)sc1=S. The van der Waals surface area contributed by atoms with E-state index in [0.717, 1.165) is 15.9 Å². The highest BCUT2D eigenvalue weighted by Crippen LogP contribution is 2.36. The Kier molecular flexibility index (Phi) is 3.81. The number of rotatable bonds is 4. The van der Waals surface area contributed by atoms with Gasteiger partial charge in [-0.3, -0.25) is 19.5 Å². The van der Waals surface area contributed by atoms with Gasteiger partial charge in [0.05, 0.1) is 9.80 Å². The maximum atomic E-state index is 10.7. The van der Waals surface area contributed by atoms with Crippen LogP contribution in [-0.4, -0.2) is 25.7 Å². The molecule has 1 aromatic heterocycles. The van der Waals surface area contributed by atoms with Crippen LogP contribution < -0.4 is 0 Å². The third kappa shape index (κ3) is 2.68. The highest BCUT2D eigenvalue weighted by molar-refractivity contribution is 7.73. The van der Waals surface area contributed by atoms with Crippen LogP contribution in [0.1, 0.15) is 0 Å². The van der Waals surface area contributed by atoms with E-state index in [1.165, 1.54) is 24.3 Å². The van der Waals surface area contributed by atoms with E-state index in [9.17, 15) is 20.0 Å². The molecule has 7 nitrogen and oxygen atoms in total. The molecule has 0 fully saturated rings. The van der Waals surface area contributed by atoms with Gasteiger partial charge in [-0.25, -0.2) is 0 Å². The molecule has 0 aliphatic rings. The Morgan fingerprint density at radius 2 is 2.00 bits per heavy atom. The quantitative estimate of drug-likeness (QED) is 0.511. The van der Waals surface area contributed by atoms with E-state index >= 15 is 0 Å². The zero-order chi connectivity index (χ0) is 14.9. The van der Waals surface area contributed by atoms with E-state index in [-0.39, 0.29) is 15.5 Å². The summed E-state index contributed by atoms with van der Waals surface area (Å²) in [6.07, 6.45) is 0. The fourth-order valence-electron chi connectivity index (χ4n) is 1.59. The van der Waals surface area contributed by atoms with Gasteiger partial charge >= 0.3 is 5.97 Å². The first kappa shape index (κ1) is 14.2. The molecule has 9 heteroatoms. The van der Waals surface area contributed by atoms with Gasteiger partial charge in [0, 0.05) is 12.1 Å². The van der Waals surface area contributed by atoms with Crippen molar-refractivity contribution in [2.45, 2.75) is 6.54 Å². The molecule has 2 aromatic rings. The molecule has 1 aromatic carbocycles. The molecule has 0 spiro atoms. The number of thiazole rings is 1. The highest BCUT2D eigenvalue weighted by atomic mass is 32.1. The standard InChI is InChI=1S/C11H8N2O5S2/c14-8(15)5-12-10(16)9(20-11(12)19)6-1-3-7(4-2-6)13(17)18/h1-4,16H,5H2,(H,14,15). The second-order valence-corrected chi connectivity index (χ2v) is 5.45. The van der Waals surface area contributed by atoms with Crippen LogP contribution in [0.15, 0.2) is 24.3 Å². The van der Waals surface area contributed by atoms with Crippen molar-refractivity contribution in [3.8, 4) is 16.3 Å². The van der Waals surface area contributed by atoms with Gasteiger partial charge in [0.2, 0.25) is 5.88 Å². The van der Waals surface area contributed by atoms with E-state index in [2.05, 4.69) is 0 Å². The van der Waals surface area contributed by atoms with Crippen LogP contribution in [0.4, 0.5) is 5.69 Å². The second-order valence-electron chi connectivity index (χ2n) is 3.80. The minimum atomic E-state index is -1.12. The number of nitrogens with zero attached hydrogens (tertiary/aromatic N) is 2. The number of nitro groups is 1. The number of non-ortho nitro benzene ring substituents is 1. The molecule has 0 saturated heterocycles. The maximum Gasteiger partial charge on any atom is 0.323 e. The molecule has 2 N–H and O–H groups in total. The number of carboxylic acid groups (broad SMARTS) is 1. The summed E-state index contributed by atoms with van der Waals surface area (Å²) >= 11 is 6.04. The lowest BCUT2D eigenvalue weighted by Gasteiger charge is -2.02. The number of nitro benzene ring substituents is 1. The predicted molar refractivity (Wildman–Crippen MR) is 74.5 cm³/mol. The van der Waals surface area contributed by atoms with E-state index < -0.39 is 17.4 Å². The minimum absolute atomic E-state index is 0.0678. The van der Waals surface area contributed by atoms with Crippen molar-refractivity contribution in [3.05, 3.63) is 38.3 Å². The van der Waals surface area contributed by atoms with Gasteiger partial charge in [0.1, 0.15) is 6.54 Å². The number of hydrogen-bond acceptors (Lipinski definition) is 6. The van der Waals surface area contributed by atoms with Crippen LogP contribution in [0.3, 0.4) is 0 Å². The lowest BCUT2D eigenvalue weighted by atomic mass is 10.2. The summed E-state index contributed by atoms with van der Waals surface area (Å²) < 4.78 is 1.32. The molecular formula is C11H8N2O5S2. The Morgan fingerprint density at radius 3 is 2.50 bits per heavy atom. The summed E-state index contributed by atoms with van der Waals surface area (Å²) in [6.45, 7) is -0.436. The van der Waals surface area contributed by atoms with Gasteiger partial charge in [-0.1, -0.05) is 0 Å². The summed E-state index contributed by atoms with van der Waals surface area (Å²) in [5.74, 6) is -1.37. The third-order valence-electron chi connectivity index (χ3n) is 2.50. The highest BCUT2D eigenvalue weighted by Gasteiger charge is 2.16. The molecule has 0 aliphatic carbocycles. The van der Waals surface area contributed by atoms with Crippen molar-refractivity contribution >= 4 is 35.2 Å². The Balaban J connectivity index is 2.45. The lowest BCUT2D eigenvalue weighted by Crippen LogP contribution is -2.07. The van der Waals surface area contributed by atoms with Gasteiger partial charge in [-0.2, -0.15) is 0 Å². The number of aliphatic carboxylic acids is 1. The molecule has 20 heavy (non-hydrogen) atoms. The van der Waals surface area contributed by atoms with Crippen LogP contribution in [0.5, 0.6) is 5.88 Å². The summed E-state index contributed by atoms with van der Waals surface area (Å²) in [7, 11) is 0. The fraction of sp³-hybridized carbons (Fsp3) is 0.0909. The topological polar surface area (TPSA) is 106 Å². The lowest BCUT2D eigenvalue weighted by molar-refractivity contribution is -0.384. The molecule has 0 amide bonds. The summed E-state index contributed by atoms with van der Waals surface area (Å²) in [6, 6.07) is 5.56. The Labute approximate surface area is 121 Å². The van der Waals surface area contributed by atoms with Gasteiger partial charge in [0.15, 0.2) is 3.95 Å². The molecule has 0 atom stereocenters. The molecule has 104 valence electrons. The first-order valence-electron chi connectivity index (χ1n) is 5.29. The van der Waals surface area contributed by atoms with E-state index in [1.807, 2.05) is 0 Å². The Bertz CT molecular complexity index is 732. The van der Waals surface area contributed by atoms with Crippen molar-refractivity contribution in [3.63, 3.8) is 0 Å². The number of hydrogen-bond donors (Lipinski definition) is 2. The summed E-state index contributed by atoms with van der Waals surface area (Å²) in [5, 5.41) is 29.3. The molecule has 1 heterocycles. The first-order chi connectivity index (χ1) is 9.40. The van der Waals surface area contributed by atoms with Crippen LogP contribution in [0.2, 0.25) is 0 Å². The van der Waals surface area contributed by atoms with Gasteiger partial charge in [0.25, 0.3) is 5.69 Å². The van der Waals surface area contributed by atoms with Crippen LogP contribution >= 0.6 is 23.6 Å². The molecule has 0 aliphatic heterocycles. The Morgan fingerprint density at radius 1 is 1.40 bits per heavy atom. The number of benzene rings is 1. The van der Waals surface area contributed by atoms with Gasteiger partial charge in [-0.05, 0) is 29.9 Å². The average molecular weight is 312 g/mol. The number of carboxylic acids is 1. The average Bonchev–Trinajstić information content (AvgIpc) is 2.66. The van der Waals surface area contributed by atoms with Crippen LogP contribution in [0, 0.1) is 14.1 Å². The van der Waals surface area contributed by atoms with Crippen molar-refractivity contribution in [2.24, 2.45) is 0 Å². The fourth-order valence-corrected chi connectivity index (χ4v) is 2.89. The molecule has 0 saturated carbocycles. The number of aromatic hydroxyl groups is 1. The number of carbonyl (C=O) groups is 1. The van der Waals surface area contributed by atoms with Gasteiger partial charge in [-0.15, -0.1) is 11.3 Å². The zero-order valence-corrected chi connectivity index (χ0v) is 11.5. The van der Waals surface area contributed by atoms with E-state index in [4.69, 9.17) is 17.3 Å². The van der Waals surface area contributed by atoms with Gasteiger partial charge < -0.3 is 10.2 Å². The summed E-state index contributed by atoms with van der Waals surface area (Å²) in [5.41, 5.74) is 0.468.